The first kappa shape index (κ1) is 22.2. The van der Waals surface area contributed by atoms with Gasteiger partial charge in [0.2, 0.25) is 11.8 Å². The average Bonchev–Trinajstić information content (AvgIpc) is 3.10. The minimum atomic E-state index is -0.0593. The second-order valence-corrected chi connectivity index (χ2v) is 8.29. The Morgan fingerprint density at radius 3 is 2.50 bits per heavy atom. The fourth-order valence-electron chi connectivity index (χ4n) is 3.31. The maximum absolute atomic E-state index is 12.6. The molecule has 158 valence electrons. The number of thioether (sulfide) groups is 1. The number of halogens is 1. The first-order valence-corrected chi connectivity index (χ1v) is 11.4. The van der Waals surface area contributed by atoms with Gasteiger partial charge in [-0.05, 0) is 31.5 Å². The molecule has 3 aromatic rings. The summed E-state index contributed by atoms with van der Waals surface area (Å²) in [5, 5.41) is 4.61. The van der Waals surface area contributed by atoms with Crippen LogP contribution in [0.1, 0.15) is 19.4 Å². The average molecular weight is 444 g/mol. The number of likely N-dealkylation sites (N-methyl/N-ethyl adjacent to an activating group) is 1. The number of hydrogen-bond acceptors (Lipinski definition) is 3. The Morgan fingerprint density at radius 2 is 1.77 bits per heavy atom. The van der Waals surface area contributed by atoms with E-state index in [0.717, 1.165) is 21.4 Å². The molecule has 0 unspecified atom stereocenters. The van der Waals surface area contributed by atoms with Gasteiger partial charge in [0.1, 0.15) is 6.54 Å². The van der Waals surface area contributed by atoms with Crippen molar-refractivity contribution >= 4 is 46.1 Å². The second-order valence-electron chi connectivity index (χ2n) is 6.86. The molecule has 0 bridgehead atoms. The van der Waals surface area contributed by atoms with Gasteiger partial charge >= 0.3 is 0 Å². The molecule has 0 spiro atoms. The molecule has 0 fully saturated rings. The second kappa shape index (κ2) is 10.5. The first-order chi connectivity index (χ1) is 14.5. The van der Waals surface area contributed by atoms with E-state index in [4.69, 9.17) is 11.6 Å². The highest BCUT2D eigenvalue weighted by molar-refractivity contribution is 8.00. The van der Waals surface area contributed by atoms with Crippen molar-refractivity contribution in [3.8, 4) is 0 Å². The molecule has 2 aromatic carbocycles. The van der Waals surface area contributed by atoms with Crippen molar-refractivity contribution in [2.75, 3.05) is 18.8 Å². The van der Waals surface area contributed by atoms with Crippen LogP contribution in [0, 0.1) is 0 Å². The summed E-state index contributed by atoms with van der Waals surface area (Å²) in [6.07, 6.45) is 1.97. The quantitative estimate of drug-likeness (QED) is 0.493. The summed E-state index contributed by atoms with van der Waals surface area (Å²) in [4.78, 5) is 27.7. The number of hydrogen-bond donors (Lipinski definition) is 1. The Hall–Kier alpha value is -2.44. The largest absolute Gasteiger partial charge is 0.351 e. The van der Waals surface area contributed by atoms with E-state index in [1.165, 1.54) is 11.8 Å². The third-order valence-corrected chi connectivity index (χ3v) is 6.38. The summed E-state index contributed by atoms with van der Waals surface area (Å²) >= 11 is 7.62. The van der Waals surface area contributed by atoms with Crippen molar-refractivity contribution < 1.29 is 9.59 Å². The summed E-state index contributed by atoms with van der Waals surface area (Å²) in [5.41, 5.74) is 1.89. The fourth-order valence-corrected chi connectivity index (χ4v) is 4.43. The summed E-state index contributed by atoms with van der Waals surface area (Å²) < 4.78 is 1.97. The monoisotopic (exact) mass is 443 g/mol. The number of carbonyl (C=O) groups excluding carboxylic acids is 2. The molecule has 3 rings (SSSR count). The van der Waals surface area contributed by atoms with Crippen molar-refractivity contribution in [2.45, 2.75) is 31.8 Å². The van der Waals surface area contributed by atoms with Crippen molar-refractivity contribution in [3.63, 3.8) is 0 Å². The molecule has 0 saturated carbocycles. The standard InChI is InChI=1S/C23H26ClN3O2S/c1-3-26(4-2)23(29)15-27-14-21(18-10-6-8-12-20(18)27)30-16-22(28)25-13-17-9-5-7-11-19(17)24/h5-12,14H,3-4,13,15-16H2,1-2H3,(H,25,28). The molecule has 0 atom stereocenters. The van der Waals surface area contributed by atoms with Gasteiger partial charge in [-0.2, -0.15) is 0 Å². The molecule has 1 N–H and O–H groups in total. The molecule has 2 amide bonds. The van der Waals surface area contributed by atoms with Gasteiger partial charge in [-0.3, -0.25) is 9.59 Å². The Labute approximate surface area is 186 Å². The fraction of sp³-hybridized carbons (Fsp3) is 0.304. The summed E-state index contributed by atoms with van der Waals surface area (Å²) in [5.74, 6) is 0.327. The van der Waals surface area contributed by atoms with Gasteiger partial charge in [-0.25, -0.2) is 0 Å². The number of rotatable bonds is 9. The number of fused-ring (bicyclic) bond motifs is 1. The third kappa shape index (κ3) is 5.37. The van der Waals surface area contributed by atoms with E-state index in [1.54, 1.807) is 0 Å². The highest BCUT2D eigenvalue weighted by atomic mass is 35.5. The van der Waals surface area contributed by atoms with E-state index in [1.807, 2.05) is 78.0 Å². The molecule has 0 aliphatic rings. The van der Waals surface area contributed by atoms with E-state index in [0.29, 0.717) is 37.0 Å². The molecule has 0 aliphatic heterocycles. The minimum absolute atomic E-state index is 0.0593. The lowest BCUT2D eigenvalue weighted by molar-refractivity contribution is -0.131. The number of para-hydroxylation sites is 1. The lowest BCUT2D eigenvalue weighted by Gasteiger charge is -2.19. The van der Waals surface area contributed by atoms with E-state index in [-0.39, 0.29) is 11.8 Å². The smallest absolute Gasteiger partial charge is 0.242 e. The Morgan fingerprint density at radius 1 is 1.07 bits per heavy atom. The summed E-state index contributed by atoms with van der Waals surface area (Å²) in [7, 11) is 0. The summed E-state index contributed by atoms with van der Waals surface area (Å²) in [6, 6.07) is 15.4. The molecule has 7 heteroatoms. The first-order valence-electron chi connectivity index (χ1n) is 10.0. The lowest BCUT2D eigenvalue weighted by atomic mass is 10.2. The van der Waals surface area contributed by atoms with Crippen molar-refractivity contribution in [1.29, 1.82) is 0 Å². The molecule has 1 heterocycles. The molecule has 0 radical (unpaired) electrons. The minimum Gasteiger partial charge on any atom is -0.351 e. The van der Waals surface area contributed by atoms with Crippen LogP contribution in [0.2, 0.25) is 5.02 Å². The lowest BCUT2D eigenvalue weighted by Crippen LogP contribution is -2.33. The Bertz CT molecular complexity index is 1030. The predicted octanol–water partition coefficient (Wildman–Crippen LogP) is 4.57. The molecular formula is C23H26ClN3O2S. The SMILES string of the molecule is CCN(CC)C(=O)Cn1cc(SCC(=O)NCc2ccccc2Cl)c2ccccc21. The van der Waals surface area contributed by atoms with Crippen molar-refractivity contribution in [1.82, 2.24) is 14.8 Å². The molecule has 0 aliphatic carbocycles. The zero-order chi connectivity index (χ0) is 21.5. The van der Waals surface area contributed by atoms with Gasteiger partial charge < -0.3 is 14.8 Å². The predicted molar refractivity (Wildman–Crippen MR) is 124 cm³/mol. The van der Waals surface area contributed by atoms with E-state index in [2.05, 4.69) is 5.32 Å². The molecule has 30 heavy (non-hydrogen) atoms. The van der Waals surface area contributed by atoms with Gasteiger partial charge in [0.25, 0.3) is 0 Å². The van der Waals surface area contributed by atoms with Gasteiger partial charge in [0, 0.05) is 46.7 Å². The van der Waals surface area contributed by atoms with Crippen LogP contribution in [0.5, 0.6) is 0 Å². The summed E-state index contributed by atoms with van der Waals surface area (Å²) in [6.45, 7) is 6.06. The van der Waals surface area contributed by atoms with Crippen LogP contribution in [0.4, 0.5) is 0 Å². The number of amides is 2. The topological polar surface area (TPSA) is 54.3 Å². The van der Waals surface area contributed by atoms with E-state index in [9.17, 15) is 9.59 Å². The van der Waals surface area contributed by atoms with E-state index < -0.39 is 0 Å². The maximum Gasteiger partial charge on any atom is 0.242 e. The molecule has 5 nitrogen and oxygen atoms in total. The van der Waals surface area contributed by atoms with Crippen molar-refractivity contribution in [2.24, 2.45) is 0 Å². The van der Waals surface area contributed by atoms with Gasteiger partial charge in [-0.15, -0.1) is 11.8 Å². The van der Waals surface area contributed by atoms with Crippen LogP contribution in [-0.4, -0.2) is 40.1 Å². The van der Waals surface area contributed by atoms with Crippen LogP contribution >= 0.6 is 23.4 Å². The number of nitrogens with one attached hydrogen (secondary N) is 1. The molecular weight excluding hydrogens is 418 g/mol. The van der Waals surface area contributed by atoms with Gasteiger partial charge in [0.05, 0.1) is 5.75 Å². The molecule has 1 aromatic heterocycles. The van der Waals surface area contributed by atoms with Crippen LogP contribution in [-0.2, 0) is 22.7 Å². The third-order valence-electron chi connectivity index (χ3n) is 4.97. The van der Waals surface area contributed by atoms with Crippen LogP contribution in [0.25, 0.3) is 10.9 Å². The van der Waals surface area contributed by atoms with Crippen LogP contribution in [0.15, 0.2) is 59.6 Å². The highest BCUT2D eigenvalue weighted by Crippen LogP contribution is 2.30. The Kier molecular flexibility index (Phi) is 7.82. The van der Waals surface area contributed by atoms with Crippen LogP contribution in [0.3, 0.4) is 0 Å². The van der Waals surface area contributed by atoms with E-state index >= 15 is 0 Å². The maximum atomic E-state index is 12.6. The highest BCUT2D eigenvalue weighted by Gasteiger charge is 2.15. The number of benzene rings is 2. The van der Waals surface area contributed by atoms with Crippen LogP contribution < -0.4 is 5.32 Å². The number of aromatic nitrogens is 1. The number of nitrogens with zero attached hydrogens (tertiary/aromatic N) is 2. The molecule has 0 saturated heterocycles. The van der Waals surface area contributed by atoms with Gasteiger partial charge in [-0.1, -0.05) is 48.0 Å². The Balaban J connectivity index is 1.66. The zero-order valence-electron chi connectivity index (χ0n) is 17.2. The number of carbonyl (C=O) groups is 2. The van der Waals surface area contributed by atoms with Crippen molar-refractivity contribution in [3.05, 3.63) is 65.3 Å². The normalized spacial score (nSPS) is 10.9. The van der Waals surface area contributed by atoms with Gasteiger partial charge in [0.15, 0.2) is 0 Å². The zero-order valence-corrected chi connectivity index (χ0v) is 18.8.